The average molecular weight is 319 g/mol. The van der Waals surface area contributed by atoms with Crippen molar-refractivity contribution in [3.63, 3.8) is 0 Å². The maximum Gasteiger partial charge on any atom is 0.309 e. The molecular formula is C21H34O2. The minimum atomic E-state index is 0.0611. The number of hydrogen-bond donors (Lipinski definition) is 0. The molecule has 0 N–H and O–H groups in total. The summed E-state index contributed by atoms with van der Waals surface area (Å²) in [7, 11) is 1.57. The van der Waals surface area contributed by atoms with Gasteiger partial charge in [0.25, 0.3) is 0 Å². The zero-order valence-electron chi connectivity index (χ0n) is 15.3. The predicted molar refractivity (Wildman–Crippen MR) is 91.9 cm³/mol. The number of ether oxygens (including phenoxy) is 1. The van der Waals surface area contributed by atoms with E-state index in [9.17, 15) is 4.79 Å². The SMILES string of the molecule is COC(=O)[C@H]1CC[C@H]2[C@@H]3CC[C@@H]4CCCC[C@]4(C)[C@H]3CC[C@]12C. The van der Waals surface area contributed by atoms with Crippen LogP contribution < -0.4 is 0 Å². The van der Waals surface area contributed by atoms with Crippen molar-refractivity contribution in [1.29, 1.82) is 0 Å². The maximum atomic E-state index is 12.3. The van der Waals surface area contributed by atoms with E-state index in [0.29, 0.717) is 5.41 Å². The molecule has 0 bridgehead atoms. The highest BCUT2D eigenvalue weighted by molar-refractivity contribution is 5.73. The van der Waals surface area contributed by atoms with Crippen molar-refractivity contribution in [3.05, 3.63) is 0 Å². The second kappa shape index (κ2) is 5.49. The molecule has 2 nitrogen and oxygen atoms in total. The van der Waals surface area contributed by atoms with E-state index in [1.165, 1.54) is 57.8 Å². The van der Waals surface area contributed by atoms with Crippen LogP contribution in [0.15, 0.2) is 0 Å². The van der Waals surface area contributed by atoms with Crippen LogP contribution in [0.2, 0.25) is 0 Å². The molecule has 7 atom stereocenters. The Hall–Kier alpha value is -0.530. The van der Waals surface area contributed by atoms with Gasteiger partial charge in [0.2, 0.25) is 0 Å². The fourth-order valence-electron chi connectivity index (χ4n) is 7.82. The fourth-order valence-corrected chi connectivity index (χ4v) is 7.82. The first-order chi connectivity index (χ1) is 11.0. The van der Waals surface area contributed by atoms with Crippen LogP contribution in [0.5, 0.6) is 0 Å². The van der Waals surface area contributed by atoms with Crippen molar-refractivity contribution in [2.45, 2.75) is 78.1 Å². The van der Waals surface area contributed by atoms with Crippen molar-refractivity contribution in [2.75, 3.05) is 7.11 Å². The fraction of sp³-hybridized carbons (Fsp3) is 0.952. The van der Waals surface area contributed by atoms with Crippen LogP contribution in [-0.4, -0.2) is 13.1 Å². The van der Waals surface area contributed by atoms with Gasteiger partial charge in [-0.1, -0.05) is 26.7 Å². The largest absolute Gasteiger partial charge is 0.469 e. The van der Waals surface area contributed by atoms with E-state index >= 15 is 0 Å². The van der Waals surface area contributed by atoms with Gasteiger partial charge in [-0.25, -0.2) is 0 Å². The first-order valence-electron chi connectivity index (χ1n) is 10.1. The van der Waals surface area contributed by atoms with Crippen molar-refractivity contribution >= 4 is 5.97 Å². The molecule has 0 spiro atoms. The Labute approximate surface area is 141 Å². The van der Waals surface area contributed by atoms with Crippen LogP contribution in [0.25, 0.3) is 0 Å². The molecule has 0 aromatic carbocycles. The molecular weight excluding hydrogens is 284 g/mol. The third-order valence-corrected chi connectivity index (χ3v) is 9.07. The van der Waals surface area contributed by atoms with Gasteiger partial charge in [0, 0.05) is 0 Å². The molecule has 4 fully saturated rings. The Morgan fingerprint density at radius 1 is 0.870 bits per heavy atom. The summed E-state index contributed by atoms with van der Waals surface area (Å²) in [6.45, 7) is 5.04. The second-order valence-corrected chi connectivity index (χ2v) is 9.60. The van der Waals surface area contributed by atoms with Crippen LogP contribution in [0, 0.1) is 40.4 Å². The zero-order valence-corrected chi connectivity index (χ0v) is 15.3. The molecule has 0 aromatic heterocycles. The molecule has 4 saturated carbocycles. The molecule has 4 rings (SSSR count). The zero-order chi connectivity index (χ0) is 16.2. The monoisotopic (exact) mass is 318 g/mol. The van der Waals surface area contributed by atoms with Gasteiger partial charge in [0.1, 0.15) is 0 Å². The third kappa shape index (κ3) is 2.15. The van der Waals surface area contributed by atoms with E-state index in [1.54, 1.807) is 7.11 Å². The summed E-state index contributed by atoms with van der Waals surface area (Å²) >= 11 is 0. The minimum Gasteiger partial charge on any atom is -0.469 e. The van der Waals surface area contributed by atoms with E-state index < -0.39 is 0 Å². The van der Waals surface area contributed by atoms with Crippen LogP contribution in [-0.2, 0) is 9.53 Å². The topological polar surface area (TPSA) is 26.3 Å². The smallest absolute Gasteiger partial charge is 0.309 e. The lowest BCUT2D eigenvalue weighted by Gasteiger charge is -2.60. The number of carbonyl (C=O) groups excluding carboxylic acids is 1. The molecule has 2 heteroatoms. The van der Waals surface area contributed by atoms with Crippen molar-refractivity contribution in [3.8, 4) is 0 Å². The predicted octanol–water partition coefficient (Wildman–Crippen LogP) is 5.21. The molecule has 0 unspecified atom stereocenters. The van der Waals surface area contributed by atoms with Gasteiger partial charge < -0.3 is 4.74 Å². The molecule has 0 aliphatic heterocycles. The molecule has 0 heterocycles. The average Bonchev–Trinajstić information content (AvgIpc) is 2.91. The second-order valence-electron chi connectivity index (χ2n) is 9.60. The van der Waals surface area contributed by atoms with E-state index in [2.05, 4.69) is 13.8 Å². The molecule has 130 valence electrons. The quantitative estimate of drug-likeness (QED) is 0.620. The lowest BCUT2D eigenvalue weighted by Crippen LogP contribution is -2.53. The Kier molecular flexibility index (Phi) is 3.81. The summed E-state index contributed by atoms with van der Waals surface area (Å²) in [6.07, 6.45) is 13.7. The number of hydrogen-bond acceptors (Lipinski definition) is 2. The molecule has 4 aliphatic rings. The van der Waals surface area contributed by atoms with E-state index in [1.807, 2.05) is 0 Å². The number of methoxy groups -OCH3 is 1. The van der Waals surface area contributed by atoms with Crippen LogP contribution in [0.3, 0.4) is 0 Å². The Balaban J connectivity index is 1.61. The molecule has 4 aliphatic carbocycles. The van der Waals surface area contributed by atoms with E-state index in [4.69, 9.17) is 4.74 Å². The number of rotatable bonds is 1. The minimum absolute atomic E-state index is 0.0611. The normalized spacial score (nSPS) is 52.2. The molecule has 23 heavy (non-hydrogen) atoms. The Bertz CT molecular complexity index is 486. The standard InChI is InChI=1S/C21H34O2/c1-20-12-5-4-6-14(20)7-8-15-16-9-10-18(19(22)23-3)21(16,2)13-11-17(15)20/h14-18H,4-13H2,1-3H3/t14-,15-,16-,17-,18+,20-,21-/m0/s1. The Morgan fingerprint density at radius 2 is 1.65 bits per heavy atom. The summed E-state index contributed by atoms with van der Waals surface area (Å²) in [4.78, 5) is 12.3. The lowest BCUT2D eigenvalue weighted by atomic mass is 9.45. The lowest BCUT2D eigenvalue weighted by molar-refractivity contribution is -0.155. The highest BCUT2D eigenvalue weighted by Crippen LogP contribution is 2.67. The summed E-state index contributed by atoms with van der Waals surface area (Å²) < 4.78 is 5.15. The van der Waals surface area contributed by atoms with Crippen molar-refractivity contribution in [1.82, 2.24) is 0 Å². The highest BCUT2D eigenvalue weighted by Gasteiger charge is 2.61. The van der Waals surface area contributed by atoms with Crippen molar-refractivity contribution < 1.29 is 9.53 Å². The summed E-state index contributed by atoms with van der Waals surface area (Å²) in [5.41, 5.74) is 0.817. The van der Waals surface area contributed by atoms with Gasteiger partial charge in [-0.15, -0.1) is 0 Å². The highest BCUT2D eigenvalue weighted by atomic mass is 16.5. The van der Waals surface area contributed by atoms with Gasteiger partial charge in [-0.3, -0.25) is 4.79 Å². The third-order valence-electron chi connectivity index (χ3n) is 9.07. The van der Waals surface area contributed by atoms with Crippen molar-refractivity contribution in [2.24, 2.45) is 40.4 Å². The van der Waals surface area contributed by atoms with Gasteiger partial charge in [-0.2, -0.15) is 0 Å². The van der Waals surface area contributed by atoms with E-state index in [-0.39, 0.29) is 17.3 Å². The molecule has 0 radical (unpaired) electrons. The molecule has 0 aromatic rings. The van der Waals surface area contributed by atoms with Crippen LogP contribution in [0.1, 0.15) is 78.1 Å². The van der Waals surface area contributed by atoms with Crippen LogP contribution in [0.4, 0.5) is 0 Å². The number of esters is 1. The molecule has 0 amide bonds. The summed E-state index contributed by atoms with van der Waals surface area (Å²) in [5, 5.41) is 0. The van der Waals surface area contributed by atoms with Gasteiger partial charge in [0.05, 0.1) is 13.0 Å². The van der Waals surface area contributed by atoms with E-state index in [0.717, 1.165) is 30.1 Å². The number of carbonyl (C=O) groups is 1. The first kappa shape index (κ1) is 16.0. The number of fused-ring (bicyclic) bond motifs is 5. The van der Waals surface area contributed by atoms with Gasteiger partial charge in [-0.05, 0) is 85.9 Å². The molecule has 0 saturated heterocycles. The Morgan fingerprint density at radius 3 is 2.43 bits per heavy atom. The summed E-state index contributed by atoms with van der Waals surface area (Å²) in [5.74, 6) is 3.78. The maximum absolute atomic E-state index is 12.3. The first-order valence-corrected chi connectivity index (χ1v) is 10.1. The van der Waals surface area contributed by atoms with Gasteiger partial charge >= 0.3 is 5.97 Å². The van der Waals surface area contributed by atoms with Gasteiger partial charge in [0.15, 0.2) is 0 Å². The van der Waals surface area contributed by atoms with Crippen LogP contribution >= 0.6 is 0 Å². The summed E-state index contributed by atoms with van der Waals surface area (Å²) in [6, 6.07) is 0.